The summed E-state index contributed by atoms with van der Waals surface area (Å²) in [7, 11) is 0. The van der Waals surface area contributed by atoms with Gasteiger partial charge < -0.3 is 15.4 Å². The van der Waals surface area contributed by atoms with Gasteiger partial charge in [-0.1, -0.05) is 30.3 Å². The molecule has 0 bridgehead atoms. The van der Waals surface area contributed by atoms with Gasteiger partial charge in [-0.25, -0.2) is 0 Å². The molecule has 4 rings (SSSR count). The summed E-state index contributed by atoms with van der Waals surface area (Å²) in [6.45, 7) is 4.77. The molecule has 3 fully saturated rings. The molecule has 130 valence electrons. The number of amides is 1. The van der Waals surface area contributed by atoms with Crippen molar-refractivity contribution < 1.29 is 9.53 Å². The maximum atomic E-state index is 12.9. The van der Waals surface area contributed by atoms with Crippen LogP contribution in [0.25, 0.3) is 0 Å². The average molecular weight is 329 g/mol. The van der Waals surface area contributed by atoms with Gasteiger partial charge in [-0.2, -0.15) is 0 Å². The fourth-order valence-electron chi connectivity index (χ4n) is 4.53. The molecule has 0 radical (unpaired) electrons. The van der Waals surface area contributed by atoms with Gasteiger partial charge in [0.2, 0.25) is 0 Å². The van der Waals surface area contributed by atoms with Crippen molar-refractivity contribution in [1.29, 1.82) is 0 Å². The predicted molar refractivity (Wildman–Crippen MR) is 92.2 cm³/mol. The van der Waals surface area contributed by atoms with Crippen molar-refractivity contribution in [2.24, 2.45) is 17.6 Å². The van der Waals surface area contributed by atoms with Gasteiger partial charge in [0.25, 0.3) is 5.91 Å². The molecule has 2 saturated heterocycles. The zero-order valence-electron chi connectivity index (χ0n) is 14.1. The van der Waals surface area contributed by atoms with Crippen LogP contribution in [0.5, 0.6) is 0 Å². The Balaban J connectivity index is 1.35. The maximum absolute atomic E-state index is 12.9. The lowest BCUT2D eigenvalue weighted by Crippen LogP contribution is -2.50. The second kappa shape index (κ2) is 6.82. The van der Waals surface area contributed by atoms with E-state index in [0.717, 1.165) is 32.6 Å². The molecule has 1 saturated carbocycles. The van der Waals surface area contributed by atoms with Crippen LogP contribution in [0.15, 0.2) is 30.3 Å². The van der Waals surface area contributed by atoms with Gasteiger partial charge in [-0.3, -0.25) is 9.69 Å². The molecule has 4 atom stereocenters. The van der Waals surface area contributed by atoms with Crippen LogP contribution in [0.3, 0.4) is 0 Å². The Morgan fingerprint density at radius 3 is 2.79 bits per heavy atom. The largest absolute Gasteiger partial charge is 0.366 e. The lowest BCUT2D eigenvalue weighted by molar-refractivity contribution is -0.149. The lowest BCUT2D eigenvalue weighted by atomic mass is 9.98. The number of carbonyl (C=O) groups excluding carboxylic acids is 1. The zero-order chi connectivity index (χ0) is 16.5. The van der Waals surface area contributed by atoms with Crippen LogP contribution in [0.1, 0.15) is 18.4 Å². The average Bonchev–Trinajstić information content (AvgIpc) is 3.18. The number of nitrogens with two attached hydrogens (primary N) is 1. The molecule has 5 heteroatoms. The Morgan fingerprint density at radius 1 is 1.17 bits per heavy atom. The highest BCUT2D eigenvalue weighted by atomic mass is 16.5. The maximum Gasteiger partial charge on any atom is 0.253 e. The Hall–Kier alpha value is -1.43. The molecule has 5 nitrogen and oxygen atoms in total. The van der Waals surface area contributed by atoms with Crippen LogP contribution in [0.2, 0.25) is 0 Å². The van der Waals surface area contributed by atoms with Crippen molar-refractivity contribution >= 4 is 5.91 Å². The second-order valence-electron chi connectivity index (χ2n) is 7.49. The highest BCUT2D eigenvalue weighted by Crippen LogP contribution is 2.37. The van der Waals surface area contributed by atoms with Crippen LogP contribution < -0.4 is 5.73 Å². The molecule has 2 N–H and O–H groups in total. The van der Waals surface area contributed by atoms with Crippen LogP contribution in [0.4, 0.5) is 0 Å². The molecule has 0 aromatic heterocycles. The molecule has 24 heavy (non-hydrogen) atoms. The van der Waals surface area contributed by atoms with Crippen LogP contribution in [0, 0.1) is 11.8 Å². The summed E-state index contributed by atoms with van der Waals surface area (Å²) in [4.78, 5) is 17.2. The van der Waals surface area contributed by atoms with Crippen molar-refractivity contribution in [3.05, 3.63) is 35.9 Å². The summed E-state index contributed by atoms with van der Waals surface area (Å²) < 4.78 is 5.80. The molecule has 1 aliphatic carbocycles. The van der Waals surface area contributed by atoms with E-state index in [1.54, 1.807) is 0 Å². The number of carbonyl (C=O) groups is 1. The molecule has 2 aliphatic heterocycles. The van der Waals surface area contributed by atoms with Gasteiger partial charge in [0, 0.05) is 38.8 Å². The first kappa shape index (κ1) is 16.1. The third kappa shape index (κ3) is 3.21. The third-order valence-electron chi connectivity index (χ3n) is 5.90. The quantitative estimate of drug-likeness (QED) is 0.902. The van der Waals surface area contributed by atoms with Crippen molar-refractivity contribution in [2.45, 2.75) is 31.5 Å². The lowest BCUT2D eigenvalue weighted by Gasteiger charge is -2.34. The highest BCUT2D eigenvalue weighted by molar-refractivity contribution is 5.81. The van der Waals surface area contributed by atoms with E-state index in [4.69, 9.17) is 10.5 Å². The Kier molecular flexibility index (Phi) is 4.57. The molecule has 1 aromatic rings. The van der Waals surface area contributed by atoms with Gasteiger partial charge >= 0.3 is 0 Å². The number of hydrogen-bond acceptors (Lipinski definition) is 4. The van der Waals surface area contributed by atoms with Gasteiger partial charge in [0.05, 0.1) is 6.61 Å². The van der Waals surface area contributed by atoms with E-state index >= 15 is 0 Å². The topological polar surface area (TPSA) is 58.8 Å². The number of hydrogen-bond donors (Lipinski definition) is 1. The number of fused-ring (bicyclic) bond motifs is 1. The molecule has 2 heterocycles. The molecular formula is C19H27N3O2. The van der Waals surface area contributed by atoms with Gasteiger partial charge in [-0.05, 0) is 30.2 Å². The molecule has 0 spiro atoms. The fourth-order valence-corrected chi connectivity index (χ4v) is 4.53. The number of benzene rings is 1. The summed E-state index contributed by atoms with van der Waals surface area (Å²) in [5, 5.41) is 0. The number of likely N-dealkylation sites (tertiary alicyclic amines) is 1. The number of rotatable bonds is 3. The Labute approximate surface area is 143 Å². The normalized spacial score (nSPS) is 33.6. The van der Waals surface area contributed by atoms with Crippen LogP contribution in [-0.2, 0) is 16.1 Å². The molecule has 3 aliphatic rings. The number of morpholine rings is 1. The smallest absolute Gasteiger partial charge is 0.253 e. The van der Waals surface area contributed by atoms with E-state index in [1.165, 1.54) is 12.0 Å². The van der Waals surface area contributed by atoms with E-state index in [-0.39, 0.29) is 18.1 Å². The predicted octanol–water partition coefficient (Wildman–Crippen LogP) is 1.08. The first-order valence-electron chi connectivity index (χ1n) is 9.13. The molecule has 1 amide bonds. The summed E-state index contributed by atoms with van der Waals surface area (Å²) in [5.74, 6) is 1.26. The highest BCUT2D eigenvalue weighted by Gasteiger charge is 2.44. The minimum Gasteiger partial charge on any atom is -0.366 e. The minimum atomic E-state index is -0.322. The molecular weight excluding hydrogens is 302 g/mol. The fraction of sp³-hybridized carbons (Fsp3) is 0.632. The van der Waals surface area contributed by atoms with E-state index in [1.807, 2.05) is 11.0 Å². The van der Waals surface area contributed by atoms with Gasteiger partial charge in [0.1, 0.15) is 6.10 Å². The summed E-state index contributed by atoms with van der Waals surface area (Å²) >= 11 is 0. The van der Waals surface area contributed by atoms with E-state index in [9.17, 15) is 4.79 Å². The first-order valence-corrected chi connectivity index (χ1v) is 9.13. The van der Waals surface area contributed by atoms with Gasteiger partial charge in [-0.15, -0.1) is 0 Å². The van der Waals surface area contributed by atoms with Crippen molar-refractivity contribution in [2.75, 3.05) is 32.8 Å². The van der Waals surface area contributed by atoms with Crippen molar-refractivity contribution in [3.8, 4) is 0 Å². The van der Waals surface area contributed by atoms with Crippen LogP contribution in [-0.4, -0.2) is 60.6 Å². The first-order chi connectivity index (χ1) is 11.7. The summed E-state index contributed by atoms with van der Waals surface area (Å²) in [5.41, 5.74) is 7.48. The zero-order valence-corrected chi connectivity index (χ0v) is 14.1. The van der Waals surface area contributed by atoms with Crippen molar-refractivity contribution in [1.82, 2.24) is 9.80 Å². The van der Waals surface area contributed by atoms with Gasteiger partial charge in [0.15, 0.2) is 0 Å². The standard InChI is InChI=1S/C19H27N3O2/c20-17-7-6-15-11-22(12-16(15)17)19(23)18-13-21(8-9-24-18)10-14-4-2-1-3-5-14/h1-5,15-18H,6-13,20H2. The van der Waals surface area contributed by atoms with E-state index in [2.05, 4.69) is 29.2 Å². The van der Waals surface area contributed by atoms with E-state index < -0.39 is 0 Å². The second-order valence-corrected chi connectivity index (χ2v) is 7.49. The monoisotopic (exact) mass is 329 g/mol. The molecule has 1 aromatic carbocycles. The Bertz CT molecular complexity index is 579. The SMILES string of the molecule is NC1CCC2CN(C(=O)C3CN(Cc4ccccc4)CCO3)CC12. The summed E-state index contributed by atoms with van der Waals surface area (Å²) in [6.07, 6.45) is 1.96. The summed E-state index contributed by atoms with van der Waals surface area (Å²) in [6, 6.07) is 10.7. The Morgan fingerprint density at radius 2 is 2.00 bits per heavy atom. The van der Waals surface area contributed by atoms with E-state index in [0.29, 0.717) is 25.0 Å². The molecule has 4 unspecified atom stereocenters. The number of nitrogens with zero attached hydrogens (tertiary/aromatic N) is 2. The third-order valence-corrected chi connectivity index (χ3v) is 5.90. The number of ether oxygens (including phenoxy) is 1. The minimum absolute atomic E-state index is 0.161. The van der Waals surface area contributed by atoms with Crippen LogP contribution >= 0.6 is 0 Å². The van der Waals surface area contributed by atoms with Crippen molar-refractivity contribution in [3.63, 3.8) is 0 Å².